The fourth-order valence-electron chi connectivity index (χ4n) is 7.54. The summed E-state index contributed by atoms with van der Waals surface area (Å²) in [5, 5.41) is 3.90. The number of amides is 1. The number of benzene rings is 1. The molecule has 0 bridgehead atoms. The van der Waals surface area contributed by atoms with E-state index in [2.05, 4.69) is 37.4 Å². The molecule has 0 spiro atoms. The summed E-state index contributed by atoms with van der Waals surface area (Å²) in [5.74, 6) is 2.36. The maximum atomic E-state index is 13.2. The van der Waals surface area contributed by atoms with E-state index in [-0.39, 0.29) is 27.8 Å². The molecule has 1 N–H and O–H groups in total. The summed E-state index contributed by atoms with van der Waals surface area (Å²) < 4.78 is 0. The Kier molecular flexibility index (Phi) is 5.12. The van der Waals surface area contributed by atoms with E-state index in [1.165, 1.54) is 19.3 Å². The van der Waals surface area contributed by atoms with Crippen LogP contribution in [0.4, 0.5) is 0 Å². The average molecular weight is 424 g/mol. The monoisotopic (exact) mass is 423 g/mol. The molecule has 4 aliphatic rings. The largest absolute Gasteiger partial charge is 0.352 e. The normalized spacial score (nSPS) is 42.2. The molecule has 5 rings (SSSR count). The van der Waals surface area contributed by atoms with E-state index in [4.69, 9.17) is 0 Å². The van der Waals surface area contributed by atoms with Crippen LogP contribution in [0.3, 0.4) is 0 Å². The van der Waals surface area contributed by atoms with Gasteiger partial charge in [0.05, 0.1) is 0 Å². The van der Waals surface area contributed by atoms with Crippen LogP contribution in [0.1, 0.15) is 57.9 Å². The molecule has 30 heavy (non-hydrogen) atoms. The van der Waals surface area contributed by atoms with Gasteiger partial charge in [0.15, 0.2) is 0 Å². The summed E-state index contributed by atoms with van der Waals surface area (Å²) in [6, 6.07) is 10.2. The van der Waals surface area contributed by atoms with E-state index in [1.807, 2.05) is 24.3 Å². The van der Waals surface area contributed by atoms with Crippen LogP contribution in [0.25, 0.3) is 0 Å². The third-order valence-electron chi connectivity index (χ3n) is 9.16. The predicted molar refractivity (Wildman–Crippen MR) is 122 cm³/mol. The lowest BCUT2D eigenvalue weighted by molar-refractivity contribution is -0.132. The van der Waals surface area contributed by atoms with Gasteiger partial charge in [0, 0.05) is 23.1 Å². The first-order valence-electron chi connectivity index (χ1n) is 11.6. The zero-order valence-electron chi connectivity index (χ0n) is 18.1. The summed E-state index contributed by atoms with van der Waals surface area (Å²) in [7, 11) is 0. The standard InChI is InChI=1S/C26H33NO2S/c1-25-14-12-20-18(8-11-22-26(20,2)15-13-23(28)30-22)19(25)9-10-21(25)24(29)27-16-17-6-4-3-5-7-17/h3-7,13,15,18-22H,8-12,14,16H2,1-2H3,(H,27,29)/t18-,19-,20-,21+,22+,25-,26+/m0/s1. The van der Waals surface area contributed by atoms with Crippen molar-refractivity contribution in [3.05, 3.63) is 48.0 Å². The predicted octanol–water partition coefficient (Wildman–Crippen LogP) is 5.36. The van der Waals surface area contributed by atoms with Crippen molar-refractivity contribution >= 4 is 22.8 Å². The van der Waals surface area contributed by atoms with Crippen LogP contribution in [-0.2, 0) is 16.1 Å². The van der Waals surface area contributed by atoms with Crippen LogP contribution >= 0.6 is 11.8 Å². The number of rotatable bonds is 3. The molecule has 160 valence electrons. The smallest absolute Gasteiger partial charge is 0.223 e. The highest BCUT2D eigenvalue weighted by Crippen LogP contribution is 2.66. The molecule has 0 radical (unpaired) electrons. The van der Waals surface area contributed by atoms with E-state index in [0.717, 1.165) is 24.8 Å². The van der Waals surface area contributed by atoms with Crippen molar-refractivity contribution in [2.45, 2.75) is 64.2 Å². The molecule has 3 aliphatic carbocycles. The summed E-state index contributed by atoms with van der Waals surface area (Å²) in [6.07, 6.45) is 10.9. The molecule has 1 aromatic carbocycles. The molecule has 1 aliphatic heterocycles. The number of allylic oxidation sites excluding steroid dienone is 1. The van der Waals surface area contributed by atoms with Gasteiger partial charge in [-0.15, -0.1) is 0 Å². The topological polar surface area (TPSA) is 46.2 Å². The van der Waals surface area contributed by atoms with Crippen molar-refractivity contribution in [2.75, 3.05) is 0 Å². The first-order valence-corrected chi connectivity index (χ1v) is 12.5. The van der Waals surface area contributed by atoms with Gasteiger partial charge in [-0.3, -0.25) is 9.59 Å². The Hall–Kier alpha value is -1.55. The van der Waals surface area contributed by atoms with Gasteiger partial charge < -0.3 is 5.32 Å². The quantitative estimate of drug-likeness (QED) is 0.712. The number of thioether (sulfide) groups is 1. The van der Waals surface area contributed by atoms with Crippen LogP contribution in [0.5, 0.6) is 0 Å². The van der Waals surface area contributed by atoms with Gasteiger partial charge in [-0.2, -0.15) is 0 Å². The van der Waals surface area contributed by atoms with Crippen LogP contribution in [0, 0.1) is 34.5 Å². The summed E-state index contributed by atoms with van der Waals surface area (Å²) >= 11 is 1.57. The van der Waals surface area contributed by atoms with Gasteiger partial charge in [-0.25, -0.2) is 0 Å². The van der Waals surface area contributed by atoms with Crippen molar-refractivity contribution < 1.29 is 9.59 Å². The maximum absolute atomic E-state index is 13.2. The number of carbonyl (C=O) groups is 2. The molecular weight excluding hydrogens is 390 g/mol. The Labute approximate surface area is 184 Å². The highest BCUT2D eigenvalue weighted by Gasteiger charge is 2.60. The fraction of sp³-hybridized carbons (Fsp3) is 0.615. The lowest BCUT2D eigenvalue weighted by atomic mass is 9.49. The molecule has 4 heteroatoms. The van der Waals surface area contributed by atoms with Crippen LogP contribution in [0.2, 0.25) is 0 Å². The molecule has 1 heterocycles. The number of hydrogen-bond acceptors (Lipinski definition) is 3. The Morgan fingerprint density at radius 3 is 2.67 bits per heavy atom. The highest BCUT2D eigenvalue weighted by molar-refractivity contribution is 8.14. The molecule has 0 unspecified atom stereocenters. The third kappa shape index (κ3) is 3.18. The second kappa shape index (κ2) is 7.55. The minimum Gasteiger partial charge on any atom is -0.352 e. The molecule has 3 fully saturated rings. The highest BCUT2D eigenvalue weighted by atomic mass is 32.2. The van der Waals surface area contributed by atoms with Crippen molar-refractivity contribution in [2.24, 2.45) is 34.5 Å². The lowest BCUT2D eigenvalue weighted by Gasteiger charge is -2.58. The van der Waals surface area contributed by atoms with E-state index in [1.54, 1.807) is 11.8 Å². The third-order valence-corrected chi connectivity index (χ3v) is 10.6. The van der Waals surface area contributed by atoms with Crippen LogP contribution in [0.15, 0.2) is 42.5 Å². The van der Waals surface area contributed by atoms with Gasteiger partial charge >= 0.3 is 0 Å². The van der Waals surface area contributed by atoms with Gasteiger partial charge in [0.2, 0.25) is 11.0 Å². The summed E-state index contributed by atoms with van der Waals surface area (Å²) in [6.45, 7) is 5.42. The van der Waals surface area contributed by atoms with Gasteiger partial charge in [-0.05, 0) is 73.3 Å². The lowest BCUT2D eigenvalue weighted by Crippen LogP contribution is -2.54. The molecule has 3 saturated carbocycles. The SMILES string of the molecule is C[C@]12C=CC(=O)S[C@@H]1CC[C@@H]1[C@@H]2CC[C@]2(C)[C@@H](C(=O)NCc3ccccc3)CC[C@@H]12. The molecule has 1 aromatic rings. The van der Waals surface area contributed by atoms with Crippen molar-refractivity contribution in [1.29, 1.82) is 0 Å². The molecule has 3 nitrogen and oxygen atoms in total. The van der Waals surface area contributed by atoms with Gasteiger partial charge in [0.1, 0.15) is 0 Å². The van der Waals surface area contributed by atoms with Crippen LogP contribution in [-0.4, -0.2) is 16.3 Å². The second-order valence-corrected chi connectivity index (χ2v) is 11.7. The minimum atomic E-state index is 0.118. The molecule has 0 saturated heterocycles. The van der Waals surface area contributed by atoms with Crippen LogP contribution < -0.4 is 5.32 Å². The van der Waals surface area contributed by atoms with Crippen molar-refractivity contribution in [3.8, 4) is 0 Å². The zero-order chi connectivity index (χ0) is 20.9. The molecule has 0 aromatic heterocycles. The second-order valence-electron chi connectivity index (χ2n) is 10.5. The first-order chi connectivity index (χ1) is 14.4. The average Bonchev–Trinajstić information content (AvgIpc) is 3.10. The Balaban J connectivity index is 1.32. The van der Waals surface area contributed by atoms with Crippen molar-refractivity contribution in [3.63, 3.8) is 0 Å². The number of carbonyl (C=O) groups excluding carboxylic acids is 2. The number of nitrogens with one attached hydrogen (secondary N) is 1. The van der Waals surface area contributed by atoms with Crippen molar-refractivity contribution in [1.82, 2.24) is 5.32 Å². The minimum absolute atomic E-state index is 0.118. The van der Waals surface area contributed by atoms with Gasteiger partial charge in [-0.1, -0.05) is 62.0 Å². The van der Waals surface area contributed by atoms with E-state index < -0.39 is 0 Å². The number of hydrogen-bond donors (Lipinski definition) is 1. The molecule has 1 amide bonds. The molecule has 7 atom stereocenters. The van der Waals surface area contributed by atoms with E-state index in [0.29, 0.717) is 29.5 Å². The molecular formula is C26H33NO2S. The first kappa shape index (κ1) is 20.4. The fourth-order valence-corrected chi connectivity index (χ4v) is 8.73. The Bertz CT molecular complexity index is 867. The Morgan fingerprint density at radius 1 is 1.07 bits per heavy atom. The number of fused-ring (bicyclic) bond motifs is 5. The van der Waals surface area contributed by atoms with E-state index in [9.17, 15) is 9.59 Å². The maximum Gasteiger partial charge on any atom is 0.223 e. The zero-order valence-corrected chi connectivity index (χ0v) is 18.9. The van der Waals surface area contributed by atoms with Gasteiger partial charge in [0.25, 0.3) is 0 Å². The Morgan fingerprint density at radius 2 is 1.87 bits per heavy atom. The van der Waals surface area contributed by atoms with E-state index >= 15 is 0 Å². The summed E-state index contributed by atoms with van der Waals surface area (Å²) in [5.41, 5.74) is 1.42. The summed E-state index contributed by atoms with van der Waals surface area (Å²) in [4.78, 5) is 25.2.